The topological polar surface area (TPSA) is 154 Å². The number of nitrogens with one attached hydrogen (secondary N) is 1. The Hall–Kier alpha value is -3.97. The second kappa shape index (κ2) is 12.3. The van der Waals surface area contributed by atoms with Crippen LogP contribution in [-0.2, 0) is 4.79 Å². The van der Waals surface area contributed by atoms with E-state index in [9.17, 15) is 24.9 Å². The van der Waals surface area contributed by atoms with Crippen molar-refractivity contribution in [2.24, 2.45) is 0 Å². The van der Waals surface area contributed by atoms with E-state index in [1.165, 1.54) is 16.8 Å². The molecule has 3 aromatic carbocycles. The maximum absolute atomic E-state index is 12.6. The summed E-state index contributed by atoms with van der Waals surface area (Å²) in [5, 5.41) is 50.4. The minimum absolute atomic E-state index is 0.0859. The van der Waals surface area contributed by atoms with Crippen LogP contribution in [0.15, 0.2) is 72.8 Å². The van der Waals surface area contributed by atoms with Crippen LogP contribution >= 0.6 is 34.5 Å². The molecule has 1 unspecified atom stereocenters. The van der Waals surface area contributed by atoms with Gasteiger partial charge < -0.3 is 30.5 Å². The molecule has 0 radical (unpaired) electrons. The highest BCUT2D eigenvalue weighted by Gasteiger charge is 2.39. The van der Waals surface area contributed by atoms with Gasteiger partial charge in [0.15, 0.2) is 6.04 Å². The summed E-state index contributed by atoms with van der Waals surface area (Å²) in [7, 11) is 1.58. The lowest BCUT2D eigenvalue weighted by Crippen LogP contribution is -2.40. The fraction of sp³-hybridized carbons (Fsp3) is 0.167. The quantitative estimate of drug-likeness (QED) is 0.131. The number of carbonyl (C=O) groups excluding carboxylic acids is 1. The van der Waals surface area contributed by atoms with Crippen molar-refractivity contribution in [3.63, 3.8) is 0 Å². The largest absolute Gasteiger partial charge is 0.497 e. The van der Waals surface area contributed by atoms with Crippen LogP contribution in [0.5, 0.6) is 5.75 Å². The summed E-state index contributed by atoms with van der Waals surface area (Å²) in [5.41, 5.74) is 1.98. The molecule has 1 amide bonds. The van der Waals surface area contributed by atoms with Crippen molar-refractivity contribution >= 4 is 57.2 Å². The van der Waals surface area contributed by atoms with Crippen molar-refractivity contribution in [1.29, 1.82) is 0 Å². The van der Waals surface area contributed by atoms with Gasteiger partial charge in [-0.1, -0.05) is 41.4 Å². The summed E-state index contributed by atoms with van der Waals surface area (Å²) in [4.78, 5) is 23.8. The average Bonchev–Trinajstić information content (AvgIpc) is 3.59. The highest BCUT2D eigenvalue weighted by molar-refractivity contribution is 7.14. The number of hydrogen-bond acceptors (Lipinski definition) is 8. The second-order valence-corrected chi connectivity index (χ2v) is 11.6. The van der Waals surface area contributed by atoms with Crippen LogP contribution in [-0.4, -0.2) is 61.7 Å². The molecule has 0 bridgehead atoms. The molecule has 5 aromatic rings. The maximum atomic E-state index is 12.6. The minimum atomic E-state index is -3.31. The molecule has 0 spiro atoms. The predicted octanol–water partition coefficient (Wildman–Crippen LogP) is 5.17. The van der Waals surface area contributed by atoms with E-state index in [-0.39, 0.29) is 22.7 Å². The zero-order valence-electron chi connectivity index (χ0n) is 22.5. The number of rotatable bonds is 10. The first-order valence-electron chi connectivity index (χ1n) is 12.8. The molecule has 222 valence electrons. The third-order valence-electron chi connectivity index (χ3n) is 6.59. The Bertz CT molecular complexity index is 1810. The van der Waals surface area contributed by atoms with Crippen LogP contribution in [0.2, 0.25) is 10.0 Å². The Balaban J connectivity index is 1.64. The van der Waals surface area contributed by atoms with Crippen LogP contribution in [0.25, 0.3) is 33.3 Å². The molecular weight excluding hydrogens is 617 g/mol. The monoisotopic (exact) mass is 641 g/mol. The van der Waals surface area contributed by atoms with Gasteiger partial charge in [0, 0.05) is 32.6 Å². The van der Waals surface area contributed by atoms with Crippen molar-refractivity contribution in [2.45, 2.75) is 18.4 Å². The van der Waals surface area contributed by atoms with Crippen molar-refractivity contribution in [3.8, 4) is 28.3 Å². The third kappa shape index (κ3) is 6.83. The van der Waals surface area contributed by atoms with E-state index >= 15 is 0 Å². The number of halogens is 2. The van der Waals surface area contributed by atoms with Gasteiger partial charge in [-0.3, -0.25) is 9.59 Å². The van der Waals surface area contributed by atoms with E-state index in [1.54, 1.807) is 31.4 Å². The Morgan fingerprint density at radius 3 is 2.33 bits per heavy atom. The number of carbonyl (C=O) groups is 2. The van der Waals surface area contributed by atoms with Gasteiger partial charge in [0.1, 0.15) is 5.75 Å². The van der Waals surface area contributed by atoms with Crippen molar-refractivity contribution in [3.05, 3.63) is 92.6 Å². The molecule has 43 heavy (non-hydrogen) atoms. The summed E-state index contributed by atoms with van der Waals surface area (Å²) in [6.45, 7) is -0.0859. The number of carboxylic acids is 1. The van der Waals surface area contributed by atoms with Crippen LogP contribution in [0, 0.1) is 0 Å². The summed E-state index contributed by atoms with van der Waals surface area (Å²) in [6.07, 6.45) is -0.259. The normalized spacial score (nSPS) is 12.3. The lowest BCUT2D eigenvalue weighted by molar-refractivity contribution is -0.329. The number of aliphatic carboxylic acids is 1. The first-order valence-corrected chi connectivity index (χ1v) is 14.4. The van der Waals surface area contributed by atoms with Gasteiger partial charge in [-0.05, 0) is 65.4 Å². The Kier molecular flexibility index (Phi) is 8.74. The summed E-state index contributed by atoms with van der Waals surface area (Å²) < 4.78 is 6.59. The molecule has 0 saturated carbocycles. The van der Waals surface area contributed by atoms with Gasteiger partial charge in [0.25, 0.3) is 5.91 Å². The van der Waals surface area contributed by atoms with Gasteiger partial charge >= 0.3 is 11.9 Å². The van der Waals surface area contributed by atoms with E-state index in [1.807, 2.05) is 36.4 Å². The highest BCUT2D eigenvalue weighted by Crippen LogP contribution is 2.39. The Morgan fingerprint density at radius 2 is 1.65 bits per heavy atom. The Labute approximate surface area is 259 Å². The molecule has 0 aliphatic carbocycles. The smallest absolute Gasteiger partial charge is 0.305 e. The molecule has 2 heterocycles. The fourth-order valence-corrected chi connectivity index (χ4v) is 6.21. The molecule has 0 saturated heterocycles. The zero-order valence-corrected chi connectivity index (χ0v) is 24.8. The number of amides is 1. The average molecular weight is 643 g/mol. The van der Waals surface area contributed by atoms with E-state index in [0.717, 1.165) is 22.1 Å². The van der Waals surface area contributed by atoms with E-state index < -0.39 is 23.9 Å². The number of benzene rings is 3. The SMILES string of the molecule is COc1ccc2cc(-c3cc(-c4cc(Cl)cc(Cl)c4)nn3C(c3ccc(C(=O)NCCC(=O)O)s3)C(O)(O)O)ccc2c1. The summed E-state index contributed by atoms with van der Waals surface area (Å²) >= 11 is 13.4. The third-order valence-corrected chi connectivity index (χ3v) is 8.17. The number of fused-ring (bicyclic) bond motifs is 1. The van der Waals surface area contributed by atoms with Gasteiger partial charge in [0.2, 0.25) is 0 Å². The number of thiophene rings is 1. The molecule has 1 atom stereocenters. The lowest BCUT2D eigenvalue weighted by Gasteiger charge is -2.27. The standard InChI is InChI=1S/C30H25Cl2N3O7S/c1-42-22-5-4-16-10-18(3-2-17(16)13-22)24-15-23(19-11-20(31)14-21(32)12-19)34-35(24)28(30(39,40)41)25-6-7-26(43-25)29(38)33-9-8-27(36)37/h2-7,10-15,28,39-41H,8-9H2,1H3,(H,33,38)(H,36,37). The number of methoxy groups -OCH3 is 1. The molecule has 5 N–H and O–H groups in total. The molecule has 13 heteroatoms. The van der Waals surface area contributed by atoms with Crippen LogP contribution < -0.4 is 10.1 Å². The maximum Gasteiger partial charge on any atom is 0.305 e. The molecule has 10 nitrogen and oxygen atoms in total. The molecule has 0 fully saturated rings. The van der Waals surface area contributed by atoms with Gasteiger partial charge in [-0.25, -0.2) is 4.68 Å². The van der Waals surface area contributed by atoms with Crippen LogP contribution in [0.1, 0.15) is 27.0 Å². The van der Waals surface area contributed by atoms with Crippen molar-refractivity contribution < 1.29 is 34.8 Å². The number of aliphatic hydroxyl groups is 3. The van der Waals surface area contributed by atoms with Gasteiger partial charge in [-0.15, -0.1) is 11.3 Å². The minimum Gasteiger partial charge on any atom is -0.497 e. The predicted molar refractivity (Wildman–Crippen MR) is 164 cm³/mol. The van der Waals surface area contributed by atoms with Crippen molar-refractivity contribution in [1.82, 2.24) is 15.1 Å². The number of aromatic nitrogens is 2. The molecule has 0 aliphatic heterocycles. The van der Waals surface area contributed by atoms with E-state index in [0.29, 0.717) is 38.3 Å². The molecule has 0 aliphatic rings. The molecule has 2 aromatic heterocycles. The number of nitrogens with zero attached hydrogens (tertiary/aromatic N) is 2. The highest BCUT2D eigenvalue weighted by atomic mass is 35.5. The van der Waals surface area contributed by atoms with Crippen LogP contribution in [0.3, 0.4) is 0 Å². The number of hydrogen-bond donors (Lipinski definition) is 5. The Morgan fingerprint density at radius 1 is 0.953 bits per heavy atom. The fourth-order valence-electron chi connectivity index (χ4n) is 4.63. The lowest BCUT2D eigenvalue weighted by atomic mass is 10.0. The van der Waals surface area contributed by atoms with Gasteiger partial charge in [0.05, 0.1) is 29.8 Å². The second-order valence-electron chi connectivity index (χ2n) is 9.64. The van der Waals surface area contributed by atoms with Gasteiger partial charge in [-0.2, -0.15) is 5.10 Å². The first kappa shape index (κ1) is 30.5. The number of ether oxygens (including phenoxy) is 1. The molecular formula is C30H25Cl2N3O7S. The summed E-state index contributed by atoms with van der Waals surface area (Å²) in [6, 6.07) is 19.1. The van der Waals surface area contributed by atoms with E-state index in [2.05, 4.69) is 10.4 Å². The van der Waals surface area contributed by atoms with E-state index in [4.69, 9.17) is 33.0 Å². The summed E-state index contributed by atoms with van der Waals surface area (Å²) in [5.74, 6) is -4.23. The zero-order chi connectivity index (χ0) is 30.9. The first-order chi connectivity index (χ1) is 20.4. The number of carboxylic acid groups (broad SMARTS) is 1. The van der Waals surface area contributed by atoms with Crippen LogP contribution in [0.4, 0.5) is 0 Å². The van der Waals surface area contributed by atoms with Crippen molar-refractivity contribution in [2.75, 3.05) is 13.7 Å². The molecule has 5 rings (SSSR count).